The normalized spacial score (nSPS) is 24.4. The van der Waals surface area contributed by atoms with Crippen molar-refractivity contribution in [2.24, 2.45) is 5.73 Å². The van der Waals surface area contributed by atoms with E-state index in [2.05, 4.69) is 26.9 Å². The van der Waals surface area contributed by atoms with Gasteiger partial charge >= 0.3 is 0 Å². The first-order valence-corrected chi connectivity index (χ1v) is 5.52. The molecular formula is C11H15N5. The van der Waals surface area contributed by atoms with Crippen molar-refractivity contribution in [3.8, 4) is 0 Å². The summed E-state index contributed by atoms with van der Waals surface area (Å²) in [6.07, 6.45) is 5.59. The van der Waals surface area contributed by atoms with Crippen LogP contribution in [0.3, 0.4) is 0 Å². The SMILES string of the molecule is CN(c1ncnc2[nH]ccc12)[C@H]1C[C@@H](N)C1. The molecule has 1 fully saturated rings. The lowest BCUT2D eigenvalue weighted by Gasteiger charge is -2.40. The van der Waals surface area contributed by atoms with Gasteiger partial charge in [0.05, 0.1) is 5.39 Å². The zero-order valence-corrected chi connectivity index (χ0v) is 9.22. The molecule has 0 radical (unpaired) electrons. The van der Waals surface area contributed by atoms with Crippen LogP contribution in [-0.2, 0) is 0 Å². The summed E-state index contributed by atoms with van der Waals surface area (Å²) in [5.74, 6) is 0.989. The number of rotatable bonds is 2. The van der Waals surface area contributed by atoms with Crippen LogP contribution >= 0.6 is 0 Å². The first-order chi connectivity index (χ1) is 7.75. The molecule has 2 aromatic heterocycles. The fourth-order valence-corrected chi connectivity index (χ4v) is 2.26. The van der Waals surface area contributed by atoms with Crippen LogP contribution in [-0.4, -0.2) is 34.1 Å². The Hall–Kier alpha value is -1.62. The van der Waals surface area contributed by atoms with Gasteiger partial charge in [0.2, 0.25) is 0 Å². The molecule has 3 rings (SSSR count). The molecule has 0 atom stereocenters. The molecule has 1 aliphatic carbocycles. The zero-order chi connectivity index (χ0) is 11.1. The van der Waals surface area contributed by atoms with Crippen molar-refractivity contribution < 1.29 is 0 Å². The monoisotopic (exact) mass is 217 g/mol. The number of nitrogens with two attached hydrogens (primary N) is 1. The van der Waals surface area contributed by atoms with Crippen LogP contribution in [0, 0.1) is 0 Å². The van der Waals surface area contributed by atoms with Crippen LogP contribution in [0.25, 0.3) is 11.0 Å². The highest BCUT2D eigenvalue weighted by Gasteiger charge is 2.30. The Morgan fingerprint density at radius 3 is 3.00 bits per heavy atom. The molecule has 2 aromatic rings. The molecule has 0 aliphatic heterocycles. The number of nitrogens with zero attached hydrogens (tertiary/aromatic N) is 3. The summed E-state index contributed by atoms with van der Waals surface area (Å²) in [5.41, 5.74) is 6.70. The zero-order valence-electron chi connectivity index (χ0n) is 9.22. The number of aromatic nitrogens is 3. The number of hydrogen-bond donors (Lipinski definition) is 2. The Kier molecular flexibility index (Phi) is 2.07. The van der Waals surface area contributed by atoms with E-state index in [9.17, 15) is 0 Å². The van der Waals surface area contributed by atoms with Crippen molar-refractivity contribution in [2.45, 2.75) is 24.9 Å². The third-order valence-corrected chi connectivity index (χ3v) is 3.36. The summed E-state index contributed by atoms with van der Waals surface area (Å²) in [5, 5.41) is 1.07. The average Bonchev–Trinajstić information content (AvgIpc) is 2.71. The number of fused-ring (bicyclic) bond motifs is 1. The van der Waals surface area contributed by atoms with Crippen molar-refractivity contribution in [1.29, 1.82) is 0 Å². The van der Waals surface area contributed by atoms with E-state index in [0.717, 1.165) is 29.7 Å². The van der Waals surface area contributed by atoms with Crippen LogP contribution < -0.4 is 10.6 Å². The lowest BCUT2D eigenvalue weighted by Crippen LogP contribution is -2.49. The molecule has 0 amide bonds. The molecule has 0 bridgehead atoms. The Morgan fingerprint density at radius 1 is 1.44 bits per heavy atom. The average molecular weight is 217 g/mol. The number of anilines is 1. The standard InChI is InChI=1S/C11H15N5/c1-16(8-4-7(12)5-8)11-9-2-3-13-10(9)14-6-15-11/h2-3,6-8H,4-5,12H2,1H3,(H,13,14,15)/t7-,8+. The highest BCUT2D eigenvalue weighted by Crippen LogP contribution is 2.29. The molecule has 84 valence electrons. The lowest BCUT2D eigenvalue weighted by atomic mass is 9.86. The largest absolute Gasteiger partial charge is 0.356 e. The molecule has 16 heavy (non-hydrogen) atoms. The predicted octanol–water partition coefficient (Wildman–Crippen LogP) is 0.884. The molecule has 2 heterocycles. The van der Waals surface area contributed by atoms with Crippen molar-refractivity contribution in [2.75, 3.05) is 11.9 Å². The Morgan fingerprint density at radius 2 is 2.25 bits per heavy atom. The second-order valence-electron chi connectivity index (χ2n) is 4.43. The molecule has 3 N–H and O–H groups in total. The van der Waals surface area contributed by atoms with Gasteiger partial charge < -0.3 is 15.6 Å². The maximum Gasteiger partial charge on any atom is 0.142 e. The van der Waals surface area contributed by atoms with Gasteiger partial charge in [0.15, 0.2) is 0 Å². The van der Waals surface area contributed by atoms with Crippen molar-refractivity contribution in [3.05, 3.63) is 18.6 Å². The van der Waals surface area contributed by atoms with Crippen molar-refractivity contribution >= 4 is 16.9 Å². The summed E-state index contributed by atoms with van der Waals surface area (Å²) >= 11 is 0. The van der Waals surface area contributed by atoms with E-state index in [1.54, 1.807) is 6.33 Å². The molecule has 5 heteroatoms. The van der Waals surface area contributed by atoms with Crippen LogP contribution in [0.4, 0.5) is 5.82 Å². The Bertz CT molecular complexity index is 500. The number of aromatic amines is 1. The minimum Gasteiger partial charge on any atom is -0.356 e. The summed E-state index contributed by atoms with van der Waals surface area (Å²) in [4.78, 5) is 13.9. The molecule has 1 aliphatic rings. The summed E-state index contributed by atoms with van der Waals surface area (Å²) in [6.45, 7) is 0. The van der Waals surface area contributed by atoms with Gasteiger partial charge in [0.1, 0.15) is 17.8 Å². The first-order valence-electron chi connectivity index (χ1n) is 5.52. The molecule has 0 saturated heterocycles. The Labute approximate surface area is 93.7 Å². The van der Waals surface area contributed by atoms with E-state index >= 15 is 0 Å². The smallest absolute Gasteiger partial charge is 0.142 e. The van der Waals surface area contributed by atoms with E-state index in [4.69, 9.17) is 5.73 Å². The molecule has 5 nitrogen and oxygen atoms in total. The number of nitrogens with one attached hydrogen (secondary N) is 1. The van der Waals surface area contributed by atoms with Gasteiger partial charge in [0.25, 0.3) is 0 Å². The molecule has 0 spiro atoms. The van der Waals surface area contributed by atoms with Crippen LogP contribution in [0.1, 0.15) is 12.8 Å². The molecule has 0 unspecified atom stereocenters. The highest BCUT2D eigenvalue weighted by molar-refractivity contribution is 5.87. The van der Waals surface area contributed by atoms with Gasteiger partial charge in [-0.1, -0.05) is 0 Å². The minimum atomic E-state index is 0.357. The summed E-state index contributed by atoms with van der Waals surface area (Å²) in [6, 6.07) is 2.89. The summed E-state index contributed by atoms with van der Waals surface area (Å²) < 4.78 is 0. The van der Waals surface area contributed by atoms with Crippen molar-refractivity contribution in [3.63, 3.8) is 0 Å². The maximum absolute atomic E-state index is 5.81. The lowest BCUT2D eigenvalue weighted by molar-refractivity contribution is 0.339. The second-order valence-corrected chi connectivity index (χ2v) is 4.43. The van der Waals surface area contributed by atoms with E-state index in [-0.39, 0.29) is 0 Å². The highest BCUT2D eigenvalue weighted by atomic mass is 15.2. The van der Waals surface area contributed by atoms with Crippen LogP contribution in [0.2, 0.25) is 0 Å². The third-order valence-electron chi connectivity index (χ3n) is 3.36. The quantitative estimate of drug-likeness (QED) is 0.783. The topological polar surface area (TPSA) is 70.8 Å². The maximum atomic E-state index is 5.81. The van der Waals surface area contributed by atoms with Gasteiger partial charge in [-0.05, 0) is 18.9 Å². The van der Waals surface area contributed by atoms with Gasteiger partial charge in [-0.3, -0.25) is 0 Å². The number of hydrogen-bond acceptors (Lipinski definition) is 4. The van der Waals surface area contributed by atoms with Crippen molar-refractivity contribution in [1.82, 2.24) is 15.0 Å². The summed E-state index contributed by atoms with van der Waals surface area (Å²) in [7, 11) is 2.07. The fourth-order valence-electron chi connectivity index (χ4n) is 2.26. The van der Waals surface area contributed by atoms with E-state index < -0.39 is 0 Å². The molecule has 0 aromatic carbocycles. The van der Waals surface area contributed by atoms with E-state index in [1.807, 2.05) is 12.3 Å². The Balaban J connectivity index is 1.95. The van der Waals surface area contributed by atoms with Gasteiger partial charge in [-0.15, -0.1) is 0 Å². The third kappa shape index (κ3) is 1.36. The van der Waals surface area contributed by atoms with Gasteiger partial charge in [-0.25, -0.2) is 9.97 Å². The minimum absolute atomic E-state index is 0.357. The first kappa shape index (κ1) is 9.59. The van der Waals surface area contributed by atoms with Gasteiger partial charge in [-0.2, -0.15) is 0 Å². The van der Waals surface area contributed by atoms with E-state index in [0.29, 0.717) is 12.1 Å². The second kappa shape index (κ2) is 3.45. The van der Waals surface area contributed by atoms with Gasteiger partial charge in [0, 0.05) is 25.3 Å². The van der Waals surface area contributed by atoms with E-state index in [1.165, 1.54) is 0 Å². The molecular weight excluding hydrogens is 202 g/mol. The fraction of sp³-hybridized carbons (Fsp3) is 0.455. The van der Waals surface area contributed by atoms with Crippen LogP contribution in [0.5, 0.6) is 0 Å². The number of H-pyrrole nitrogens is 1. The molecule has 1 saturated carbocycles. The predicted molar refractivity (Wildman–Crippen MR) is 63.3 cm³/mol. The van der Waals surface area contributed by atoms with Crippen LogP contribution in [0.15, 0.2) is 18.6 Å².